The number of carbonyl (C=O) groups excluding carboxylic acids is 1. The van der Waals surface area contributed by atoms with E-state index in [1.807, 2.05) is 25.1 Å². The maximum Gasteiger partial charge on any atom is 0.343 e. The Kier molecular flexibility index (Phi) is 8.43. The van der Waals surface area contributed by atoms with E-state index in [-0.39, 0.29) is 13.0 Å². The minimum absolute atomic E-state index is 0.203. The van der Waals surface area contributed by atoms with Gasteiger partial charge in [0.25, 0.3) is 0 Å². The molecule has 0 aliphatic carbocycles. The minimum Gasteiger partial charge on any atom is -0.464 e. The van der Waals surface area contributed by atoms with Crippen molar-refractivity contribution in [3.05, 3.63) is 57.6 Å². The van der Waals surface area contributed by atoms with Crippen molar-refractivity contribution < 1.29 is 14.6 Å². The van der Waals surface area contributed by atoms with Crippen molar-refractivity contribution in [2.45, 2.75) is 52.6 Å². The highest BCUT2D eigenvalue weighted by Crippen LogP contribution is 2.29. The van der Waals surface area contributed by atoms with Crippen LogP contribution >= 0.6 is 15.9 Å². The van der Waals surface area contributed by atoms with Gasteiger partial charge in [-0.15, -0.1) is 0 Å². The lowest BCUT2D eigenvalue weighted by atomic mass is 9.89. The summed E-state index contributed by atoms with van der Waals surface area (Å²) in [5, 5.41) is 11.0. The highest BCUT2D eigenvalue weighted by atomic mass is 79.9. The van der Waals surface area contributed by atoms with Gasteiger partial charge in [-0.05, 0) is 58.2 Å². The monoisotopic (exact) mass is 394 g/mol. The summed E-state index contributed by atoms with van der Waals surface area (Å²) in [5.74, 6) is -0.610. The molecule has 0 aromatic heterocycles. The van der Waals surface area contributed by atoms with E-state index in [9.17, 15) is 9.90 Å². The van der Waals surface area contributed by atoms with Crippen LogP contribution in [0.15, 0.2) is 52.0 Å². The van der Waals surface area contributed by atoms with E-state index in [0.717, 1.165) is 22.9 Å². The van der Waals surface area contributed by atoms with Gasteiger partial charge < -0.3 is 9.84 Å². The number of esters is 1. The summed E-state index contributed by atoms with van der Waals surface area (Å²) >= 11 is 3.37. The third kappa shape index (κ3) is 6.25. The highest BCUT2D eigenvalue weighted by molar-refractivity contribution is 9.10. The summed E-state index contributed by atoms with van der Waals surface area (Å²) < 4.78 is 5.99. The lowest BCUT2D eigenvalue weighted by molar-refractivity contribution is -0.166. The van der Waals surface area contributed by atoms with Crippen LogP contribution in [0.2, 0.25) is 0 Å². The molecule has 0 radical (unpaired) electrons. The van der Waals surface area contributed by atoms with Gasteiger partial charge in [0.1, 0.15) is 0 Å². The Labute approximate surface area is 153 Å². The number of halogens is 1. The first-order valence-corrected chi connectivity index (χ1v) is 9.03. The van der Waals surface area contributed by atoms with Crippen molar-refractivity contribution in [2.24, 2.45) is 0 Å². The van der Waals surface area contributed by atoms with E-state index in [1.165, 1.54) is 5.57 Å². The topological polar surface area (TPSA) is 46.5 Å². The third-order valence-electron chi connectivity index (χ3n) is 3.77. The normalized spacial score (nSPS) is 14.0. The predicted molar refractivity (Wildman–Crippen MR) is 102 cm³/mol. The fourth-order valence-electron chi connectivity index (χ4n) is 2.31. The zero-order valence-electron chi connectivity index (χ0n) is 14.9. The first kappa shape index (κ1) is 20.7. The molecule has 0 heterocycles. The van der Waals surface area contributed by atoms with Crippen molar-refractivity contribution in [3.8, 4) is 0 Å². The van der Waals surface area contributed by atoms with Gasteiger partial charge >= 0.3 is 5.97 Å². The van der Waals surface area contributed by atoms with E-state index >= 15 is 0 Å². The van der Waals surface area contributed by atoms with Crippen molar-refractivity contribution in [1.29, 1.82) is 0 Å². The Balaban J connectivity index is 2.96. The second-order valence-corrected chi connectivity index (χ2v) is 7.08. The summed E-state index contributed by atoms with van der Waals surface area (Å²) in [6.45, 7) is 8.14. The number of allylic oxidation sites excluding steroid dienone is 3. The smallest absolute Gasteiger partial charge is 0.343 e. The molecule has 1 rings (SSSR count). The molecule has 1 atom stereocenters. The number of aliphatic hydroxyl groups is 1. The van der Waals surface area contributed by atoms with Gasteiger partial charge in [0.05, 0.1) is 6.61 Å². The molecule has 1 aromatic rings. The number of benzene rings is 1. The predicted octanol–water partition coefficient (Wildman–Crippen LogP) is 5.28. The lowest BCUT2D eigenvalue weighted by Gasteiger charge is -2.25. The van der Waals surface area contributed by atoms with Gasteiger partial charge in [-0.2, -0.15) is 0 Å². The van der Waals surface area contributed by atoms with E-state index < -0.39 is 11.6 Å². The highest BCUT2D eigenvalue weighted by Gasteiger charge is 2.38. The molecule has 132 valence electrons. The van der Waals surface area contributed by atoms with E-state index in [4.69, 9.17) is 4.74 Å². The molecule has 4 heteroatoms. The number of rotatable bonds is 8. The second-order valence-electron chi connectivity index (χ2n) is 6.16. The van der Waals surface area contributed by atoms with Gasteiger partial charge in [0.2, 0.25) is 0 Å². The van der Waals surface area contributed by atoms with Gasteiger partial charge in [-0.25, -0.2) is 4.79 Å². The Morgan fingerprint density at radius 1 is 1.21 bits per heavy atom. The quantitative estimate of drug-likeness (QED) is 0.481. The Morgan fingerprint density at radius 2 is 1.83 bits per heavy atom. The number of carbonyl (C=O) groups is 1. The molecule has 0 aliphatic rings. The standard InChI is InChI=1S/C20H27BrO3/c1-5-24-19(22)20(23,17-9-11-18(21)12-10-17)14-13-16(4)8-6-7-15(2)3/h7,9-13,23H,5-6,8,14H2,1-4H3/b16-13+. The van der Waals surface area contributed by atoms with Gasteiger partial charge in [0, 0.05) is 10.9 Å². The van der Waals surface area contributed by atoms with Crippen LogP contribution in [0, 0.1) is 0 Å². The molecule has 0 amide bonds. The van der Waals surface area contributed by atoms with Crippen LogP contribution in [0.5, 0.6) is 0 Å². The Hall–Kier alpha value is -1.39. The minimum atomic E-state index is -1.66. The van der Waals surface area contributed by atoms with Crippen LogP contribution in [0.1, 0.15) is 52.5 Å². The van der Waals surface area contributed by atoms with Gasteiger partial charge in [-0.3, -0.25) is 0 Å². The summed E-state index contributed by atoms with van der Waals surface area (Å²) in [4.78, 5) is 12.3. The zero-order valence-corrected chi connectivity index (χ0v) is 16.5. The molecule has 0 bridgehead atoms. The fourth-order valence-corrected chi connectivity index (χ4v) is 2.57. The molecule has 0 spiro atoms. The molecule has 0 fully saturated rings. The Morgan fingerprint density at radius 3 is 2.38 bits per heavy atom. The molecular weight excluding hydrogens is 368 g/mol. The average Bonchev–Trinajstić information content (AvgIpc) is 2.53. The van der Waals surface area contributed by atoms with Crippen molar-refractivity contribution in [2.75, 3.05) is 6.61 Å². The average molecular weight is 395 g/mol. The molecule has 0 saturated carbocycles. The van der Waals surface area contributed by atoms with Crippen molar-refractivity contribution in [1.82, 2.24) is 0 Å². The van der Waals surface area contributed by atoms with Crippen LogP contribution in [0.4, 0.5) is 0 Å². The summed E-state index contributed by atoms with van der Waals surface area (Å²) in [6, 6.07) is 7.11. The number of ether oxygens (including phenoxy) is 1. The molecule has 1 N–H and O–H groups in total. The number of hydrogen-bond acceptors (Lipinski definition) is 3. The van der Waals surface area contributed by atoms with Crippen LogP contribution in [0.3, 0.4) is 0 Å². The number of hydrogen-bond donors (Lipinski definition) is 1. The molecule has 3 nitrogen and oxygen atoms in total. The van der Waals surface area contributed by atoms with E-state index in [0.29, 0.717) is 5.56 Å². The van der Waals surface area contributed by atoms with Crippen molar-refractivity contribution >= 4 is 21.9 Å². The van der Waals surface area contributed by atoms with Crippen LogP contribution < -0.4 is 0 Å². The molecule has 0 aliphatic heterocycles. The maximum atomic E-state index is 12.3. The van der Waals surface area contributed by atoms with Gasteiger partial charge in [0.15, 0.2) is 5.60 Å². The Bertz CT molecular complexity index is 598. The fraction of sp³-hybridized carbons (Fsp3) is 0.450. The molecule has 0 saturated heterocycles. The SMILES string of the molecule is CCOC(=O)C(O)(C/C=C(\C)CCC=C(C)C)c1ccc(Br)cc1. The van der Waals surface area contributed by atoms with E-state index in [2.05, 4.69) is 35.9 Å². The first-order chi connectivity index (χ1) is 11.3. The molecule has 1 unspecified atom stereocenters. The lowest BCUT2D eigenvalue weighted by Crippen LogP contribution is -2.37. The second kappa shape index (κ2) is 9.80. The van der Waals surface area contributed by atoms with Gasteiger partial charge in [-0.1, -0.05) is 51.4 Å². The molecule has 24 heavy (non-hydrogen) atoms. The third-order valence-corrected chi connectivity index (χ3v) is 4.30. The molecular formula is C20H27BrO3. The van der Waals surface area contributed by atoms with Crippen molar-refractivity contribution in [3.63, 3.8) is 0 Å². The largest absolute Gasteiger partial charge is 0.464 e. The van der Waals surface area contributed by atoms with E-state index in [1.54, 1.807) is 19.1 Å². The maximum absolute atomic E-state index is 12.3. The van der Waals surface area contributed by atoms with Crippen LogP contribution in [-0.4, -0.2) is 17.7 Å². The summed E-state index contributed by atoms with van der Waals surface area (Å²) in [7, 11) is 0. The van der Waals surface area contributed by atoms with Crippen LogP contribution in [0.25, 0.3) is 0 Å². The summed E-state index contributed by atoms with van der Waals surface area (Å²) in [5.41, 5.74) is 1.32. The zero-order chi connectivity index (χ0) is 18.2. The first-order valence-electron chi connectivity index (χ1n) is 8.24. The van der Waals surface area contributed by atoms with Crippen LogP contribution in [-0.2, 0) is 15.1 Å². The molecule has 1 aromatic carbocycles. The summed E-state index contributed by atoms with van der Waals surface area (Å²) in [6.07, 6.45) is 6.18.